The first-order valence-electron chi connectivity index (χ1n) is 11.3. The Morgan fingerprint density at radius 3 is 1.97 bits per heavy atom. The Morgan fingerprint density at radius 2 is 1.47 bits per heavy atom. The van der Waals surface area contributed by atoms with Crippen LogP contribution in [0.3, 0.4) is 0 Å². The summed E-state index contributed by atoms with van der Waals surface area (Å²) in [6, 6.07) is 22.0. The predicted octanol–water partition coefficient (Wildman–Crippen LogP) is 5.12. The molecule has 4 rings (SSSR count). The SMILES string of the molecule is CC(C)(CN([C@]1(C(=O)O)C[C@H]1c1ccccc1)S(=O)(=O)c1ccc(-c2ccc(Cl)cc2)cc1)C(=O)O. The van der Waals surface area contributed by atoms with E-state index in [1.807, 2.05) is 12.1 Å². The Kier molecular flexibility index (Phi) is 6.72. The van der Waals surface area contributed by atoms with Gasteiger partial charge in [0.1, 0.15) is 5.54 Å². The zero-order chi connectivity index (χ0) is 26.3. The van der Waals surface area contributed by atoms with Gasteiger partial charge in [-0.3, -0.25) is 9.59 Å². The fourth-order valence-corrected chi connectivity index (χ4v) is 6.47. The maximum Gasteiger partial charge on any atom is 0.325 e. The number of sulfonamides is 1. The third-order valence-corrected chi connectivity index (χ3v) is 8.84. The number of hydrogen-bond acceptors (Lipinski definition) is 4. The maximum atomic E-state index is 13.9. The van der Waals surface area contributed by atoms with Gasteiger partial charge in [0.05, 0.1) is 10.3 Å². The fraction of sp³-hybridized carbons (Fsp3) is 0.259. The molecule has 1 aliphatic rings. The van der Waals surface area contributed by atoms with E-state index in [1.54, 1.807) is 54.6 Å². The lowest BCUT2D eigenvalue weighted by Gasteiger charge is -2.34. The largest absolute Gasteiger partial charge is 0.481 e. The van der Waals surface area contributed by atoms with Crippen molar-refractivity contribution in [3.63, 3.8) is 0 Å². The minimum absolute atomic E-state index is 0.0458. The summed E-state index contributed by atoms with van der Waals surface area (Å²) in [5.74, 6) is -3.14. The van der Waals surface area contributed by atoms with Gasteiger partial charge in [-0.2, -0.15) is 4.31 Å². The standard InChI is InChI=1S/C27H26ClNO6S/c1-26(2,24(30)31)17-29(27(25(32)33)16-23(27)20-6-4-3-5-7-20)36(34,35)22-14-10-19(11-15-22)18-8-12-21(28)13-9-18/h3-15,23H,16-17H2,1-2H3,(H,30,31)(H,32,33)/t23-,27+/m0/s1. The molecule has 0 saturated heterocycles. The van der Waals surface area contributed by atoms with Crippen LogP contribution in [0.25, 0.3) is 11.1 Å². The molecule has 0 aliphatic heterocycles. The number of halogens is 1. The van der Waals surface area contributed by atoms with Crippen LogP contribution < -0.4 is 0 Å². The van der Waals surface area contributed by atoms with Crippen molar-refractivity contribution in [2.45, 2.75) is 36.6 Å². The topological polar surface area (TPSA) is 112 Å². The second kappa shape index (κ2) is 9.35. The van der Waals surface area contributed by atoms with E-state index in [0.29, 0.717) is 10.6 Å². The zero-order valence-electron chi connectivity index (χ0n) is 19.8. The minimum atomic E-state index is -4.39. The number of benzene rings is 3. The molecule has 0 bridgehead atoms. The average molecular weight is 528 g/mol. The van der Waals surface area contributed by atoms with Gasteiger partial charge in [-0.1, -0.05) is 66.2 Å². The quantitative estimate of drug-likeness (QED) is 0.399. The van der Waals surface area contributed by atoms with Crippen LogP contribution in [-0.2, 0) is 19.6 Å². The van der Waals surface area contributed by atoms with E-state index in [0.717, 1.165) is 15.4 Å². The molecular weight excluding hydrogens is 502 g/mol. The third-order valence-electron chi connectivity index (χ3n) is 6.69. The van der Waals surface area contributed by atoms with Crippen LogP contribution in [0.4, 0.5) is 0 Å². The van der Waals surface area contributed by atoms with E-state index in [2.05, 4.69) is 0 Å². The first-order chi connectivity index (χ1) is 16.9. The van der Waals surface area contributed by atoms with Crippen LogP contribution in [0.15, 0.2) is 83.8 Å². The molecular formula is C27H26ClNO6S. The number of carboxylic acids is 2. The maximum absolute atomic E-state index is 13.9. The lowest BCUT2D eigenvalue weighted by atomic mass is 9.93. The van der Waals surface area contributed by atoms with Crippen molar-refractivity contribution in [2.75, 3.05) is 6.54 Å². The smallest absolute Gasteiger partial charge is 0.325 e. The van der Waals surface area contributed by atoms with E-state index in [4.69, 9.17) is 11.6 Å². The number of hydrogen-bond donors (Lipinski definition) is 2. The van der Waals surface area contributed by atoms with Crippen molar-refractivity contribution < 1.29 is 28.2 Å². The second-order valence-electron chi connectivity index (χ2n) is 9.63. The van der Waals surface area contributed by atoms with Gasteiger partial charge in [-0.05, 0) is 61.2 Å². The first kappa shape index (κ1) is 25.9. The molecule has 0 amide bonds. The van der Waals surface area contributed by atoms with Crippen molar-refractivity contribution >= 4 is 33.6 Å². The van der Waals surface area contributed by atoms with Gasteiger partial charge in [0.2, 0.25) is 10.0 Å². The van der Waals surface area contributed by atoms with Crippen LogP contribution in [0.1, 0.15) is 31.7 Å². The molecule has 2 atom stereocenters. The molecule has 3 aromatic carbocycles. The van der Waals surface area contributed by atoms with Gasteiger partial charge in [0.15, 0.2) is 0 Å². The summed E-state index contributed by atoms with van der Waals surface area (Å²) in [4.78, 5) is 24.5. The molecule has 0 heterocycles. The van der Waals surface area contributed by atoms with Crippen molar-refractivity contribution in [2.24, 2.45) is 5.41 Å². The lowest BCUT2D eigenvalue weighted by Crippen LogP contribution is -2.53. The molecule has 1 fully saturated rings. The molecule has 188 valence electrons. The van der Waals surface area contributed by atoms with Gasteiger partial charge >= 0.3 is 11.9 Å². The molecule has 9 heteroatoms. The number of rotatable bonds is 9. The number of nitrogens with zero attached hydrogens (tertiary/aromatic N) is 1. The van der Waals surface area contributed by atoms with Crippen LogP contribution in [0.5, 0.6) is 0 Å². The van der Waals surface area contributed by atoms with E-state index >= 15 is 0 Å². The molecule has 7 nitrogen and oxygen atoms in total. The van der Waals surface area contributed by atoms with Gasteiger partial charge in [0.25, 0.3) is 0 Å². The van der Waals surface area contributed by atoms with E-state index < -0.39 is 45.4 Å². The summed E-state index contributed by atoms with van der Waals surface area (Å²) < 4.78 is 28.8. The number of aliphatic carboxylic acids is 2. The number of carbonyl (C=O) groups is 2. The highest BCUT2D eigenvalue weighted by atomic mass is 35.5. The minimum Gasteiger partial charge on any atom is -0.481 e. The summed E-state index contributed by atoms with van der Waals surface area (Å²) in [5, 5.41) is 20.6. The Balaban J connectivity index is 1.78. The first-order valence-corrected chi connectivity index (χ1v) is 13.1. The Bertz CT molecular complexity index is 1390. The second-order valence-corrected chi connectivity index (χ2v) is 11.9. The van der Waals surface area contributed by atoms with Crippen LogP contribution >= 0.6 is 11.6 Å². The van der Waals surface area contributed by atoms with E-state index in [1.165, 1.54) is 26.0 Å². The van der Waals surface area contributed by atoms with E-state index in [9.17, 15) is 28.2 Å². The van der Waals surface area contributed by atoms with Crippen molar-refractivity contribution in [3.8, 4) is 11.1 Å². The van der Waals surface area contributed by atoms with Gasteiger partial charge in [-0.25, -0.2) is 8.42 Å². The van der Waals surface area contributed by atoms with Gasteiger partial charge in [0, 0.05) is 17.5 Å². The Labute approximate surface area is 215 Å². The van der Waals surface area contributed by atoms with Crippen molar-refractivity contribution in [3.05, 3.63) is 89.4 Å². The fourth-order valence-electron chi connectivity index (χ4n) is 4.41. The molecule has 36 heavy (non-hydrogen) atoms. The molecule has 0 radical (unpaired) electrons. The summed E-state index contributed by atoms with van der Waals surface area (Å²) in [7, 11) is -4.39. The highest BCUT2D eigenvalue weighted by molar-refractivity contribution is 7.89. The lowest BCUT2D eigenvalue weighted by molar-refractivity contribution is -0.150. The summed E-state index contributed by atoms with van der Waals surface area (Å²) >= 11 is 5.95. The molecule has 0 spiro atoms. The molecule has 0 aromatic heterocycles. The van der Waals surface area contributed by atoms with Gasteiger partial charge < -0.3 is 10.2 Å². The van der Waals surface area contributed by atoms with Crippen LogP contribution in [0, 0.1) is 5.41 Å². The van der Waals surface area contributed by atoms with Crippen LogP contribution in [-0.4, -0.2) is 47.0 Å². The molecule has 3 aromatic rings. The normalized spacial score (nSPS) is 19.7. The Hall–Kier alpha value is -3.20. The molecule has 1 saturated carbocycles. The zero-order valence-corrected chi connectivity index (χ0v) is 21.3. The Morgan fingerprint density at radius 1 is 0.944 bits per heavy atom. The van der Waals surface area contributed by atoms with E-state index in [-0.39, 0.29) is 11.3 Å². The van der Waals surface area contributed by atoms with Crippen LogP contribution in [0.2, 0.25) is 5.02 Å². The predicted molar refractivity (Wildman–Crippen MR) is 136 cm³/mol. The molecule has 1 aliphatic carbocycles. The summed E-state index contributed by atoms with van der Waals surface area (Å²) in [6.07, 6.45) is 0.0458. The highest BCUT2D eigenvalue weighted by Gasteiger charge is 2.68. The molecule has 0 unspecified atom stereocenters. The monoisotopic (exact) mass is 527 g/mol. The summed E-state index contributed by atoms with van der Waals surface area (Å²) in [6.45, 7) is 2.27. The summed E-state index contributed by atoms with van der Waals surface area (Å²) in [5.41, 5.74) is -1.04. The van der Waals surface area contributed by atoms with Crippen molar-refractivity contribution in [1.82, 2.24) is 4.31 Å². The number of carboxylic acid groups (broad SMARTS) is 2. The van der Waals surface area contributed by atoms with Gasteiger partial charge in [-0.15, -0.1) is 0 Å². The van der Waals surface area contributed by atoms with Crippen molar-refractivity contribution in [1.29, 1.82) is 0 Å². The average Bonchev–Trinajstić information content (AvgIpc) is 3.60. The molecule has 2 N–H and O–H groups in total. The third kappa shape index (κ3) is 4.64. The highest BCUT2D eigenvalue weighted by Crippen LogP contribution is 2.57.